The molecule has 0 unspecified atom stereocenters. The van der Waals surface area contributed by atoms with E-state index in [0.29, 0.717) is 5.65 Å². The Bertz CT molecular complexity index is 799. The number of hydrogen-bond acceptors (Lipinski definition) is 3. The Morgan fingerprint density at radius 1 is 1.30 bits per heavy atom. The van der Waals surface area contributed by atoms with Crippen LogP contribution in [0.5, 0.6) is 0 Å². The van der Waals surface area contributed by atoms with Gasteiger partial charge < -0.3 is 10.3 Å². The second kappa shape index (κ2) is 4.94. The van der Waals surface area contributed by atoms with Gasteiger partial charge in [-0.05, 0) is 37.7 Å². The Hall–Kier alpha value is -2.40. The second-order valence-electron chi connectivity index (χ2n) is 4.85. The standard InChI is InChI=1S/C15H16N4O/c1-10-7-12-9-19(15(20)18-14(12)17-10)13-5-3-11(4-6-13)8-16-2/h3-7,9,16H,8H2,1-2H3,(H,17,18,20). The summed E-state index contributed by atoms with van der Waals surface area (Å²) >= 11 is 0. The van der Waals surface area contributed by atoms with Crippen molar-refractivity contribution >= 4 is 11.0 Å². The smallest absolute Gasteiger partial charge is 0.343 e. The van der Waals surface area contributed by atoms with Crippen LogP contribution in [0.1, 0.15) is 11.3 Å². The van der Waals surface area contributed by atoms with Crippen LogP contribution in [0, 0.1) is 6.92 Å². The van der Waals surface area contributed by atoms with Crippen LogP contribution in [0.3, 0.4) is 0 Å². The number of benzene rings is 1. The van der Waals surface area contributed by atoms with Gasteiger partial charge in [-0.2, -0.15) is 4.98 Å². The fourth-order valence-electron chi connectivity index (χ4n) is 2.29. The van der Waals surface area contributed by atoms with Crippen molar-refractivity contribution in [2.24, 2.45) is 0 Å². The van der Waals surface area contributed by atoms with Gasteiger partial charge >= 0.3 is 5.69 Å². The number of aromatic nitrogens is 3. The number of hydrogen-bond donors (Lipinski definition) is 2. The topological polar surface area (TPSA) is 62.7 Å². The van der Waals surface area contributed by atoms with Crippen LogP contribution in [0.15, 0.2) is 41.3 Å². The minimum atomic E-state index is -0.277. The first kappa shape index (κ1) is 12.6. The van der Waals surface area contributed by atoms with Gasteiger partial charge in [0.1, 0.15) is 5.65 Å². The lowest BCUT2D eigenvalue weighted by Crippen LogP contribution is -2.20. The summed E-state index contributed by atoms with van der Waals surface area (Å²) in [5, 5.41) is 4.03. The highest BCUT2D eigenvalue weighted by Gasteiger charge is 2.06. The van der Waals surface area contributed by atoms with Gasteiger partial charge in [0.2, 0.25) is 0 Å². The maximum Gasteiger partial charge on any atom is 0.354 e. The summed E-state index contributed by atoms with van der Waals surface area (Å²) in [7, 11) is 1.91. The predicted octanol–water partition coefficient (Wildman–Crippen LogP) is 1.74. The van der Waals surface area contributed by atoms with Crippen molar-refractivity contribution in [3.63, 3.8) is 0 Å². The van der Waals surface area contributed by atoms with Crippen LogP contribution < -0.4 is 11.0 Å². The normalized spacial score (nSPS) is 11.1. The molecular formula is C15H16N4O. The molecule has 5 nitrogen and oxygen atoms in total. The molecule has 0 amide bonds. The lowest BCUT2D eigenvalue weighted by Gasteiger charge is -2.06. The Balaban J connectivity index is 2.08. The van der Waals surface area contributed by atoms with E-state index in [1.54, 1.807) is 4.57 Å². The molecule has 0 spiro atoms. The summed E-state index contributed by atoms with van der Waals surface area (Å²) in [6, 6.07) is 9.85. The molecule has 0 aliphatic rings. The predicted molar refractivity (Wildman–Crippen MR) is 79.2 cm³/mol. The van der Waals surface area contributed by atoms with Gasteiger partial charge in [-0.1, -0.05) is 12.1 Å². The minimum Gasteiger partial charge on any atom is -0.343 e. The first-order valence-corrected chi connectivity index (χ1v) is 6.50. The molecule has 3 rings (SSSR count). The Morgan fingerprint density at radius 3 is 2.75 bits per heavy atom. The van der Waals surface area contributed by atoms with E-state index < -0.39 is 0 Å². The third-order valence-corrected chi connectivity index (χ3v) is 3.24. The van der Waals surface area contributed by atoms with E-state index in [2.05, 4.69) is 15.3 Å². The summed E-state index contributed by atoms with van der Waals surface area (Å²) in [5.41, 5.74) is 3.35. The molecule has 0 fully saturated rings. The molecule has 0 aliphatic heterocycles. The summed E-state index contributed by atoms with van der Waals surface area (Å²) < 4.78 is 1.57. The zero-order valence-electron chi connectivity index (χ0n) is 11.5. The van der Waals surface area contributed by atoms with Gasteiger partial charge in [-0.25, -0.2) is 4.79 Å². The maximum absolute atomic E-state index is 12.1. The maximum atomic E-state index is 12.1. The van der Waals surface area contributed by atoms with Crippen molar-refractivity contribution in [2.45, 2.75) is 13.5 Å². The van der Waals surface area contributed by atoms with Crippen LogP contribution in [-0.4, -0.2) is 21.6 Å². The molecule has 3 aromatic rings. The third kappa shape index (κ3) is 2.23. The molecular weight excluding hydrogens is 252 g/mol. The van der Waals surface area contributed by atoms with Crippen LogP contribution >= 0.6 is 0 Å². The van der Waals surface area contributed by atoms with Gasteiger partial charge in [-0.3, -0.25) is 4.57 Å². The first-order chi connectivity index (χ1) is 9.67. The molecule has 2 aromatic heterocycles. The molecule has 0 saturated carbocycles. The Morgan fingerprint density at radius 2 is 2.05 bits per heavy atom. The van der Waals surface area contributed by atoms with Gasteiger partial charge in [0.15, 0.2) is 0 Å². The molecule has 2 N–H and O–H groups in total. The van der Waals surface area contributed by atoms with Gasteiger partial charge in [-0.15, -0.1) is 0 Å². The molecule has 0 bridgehead atoms. The largest absolute Gasteiger partial charge is 0.354 e. The van der Waals surface area contributed by atoms with Crippen molar-refractivity contribution in [3.05, 3.63) is 58.3 Å². The molecule has 2 heterocycles. The summed E-state index contributed by atoms with van der Waals surface area (Å²) in [5.74, 6) is 0. The van der Waals surface area contributed by atoms with Crippen LogP contribution in [0.2, 0.25) is 0 Å². The minimum absolute atomic E-state index is 0.277. The van der Waals surface area contributed by atoms with E-state index in [9.17, 15) is 4.79 Å². The molecule has 0 atom stereocenters. The fraction of sp³-hybridized carbons (Fsp3) is 0.200. The second-order valence-corrected chi connectivity index (χ2v) is 4.85. The zero-order valence-corrected chi connectivity index (χ0v) is 11.5. The molecule has 1 aromatic carbocycles. The highest BCUT2D eigenvalue weighted by molar-refractivity contribution is 5.75. The number of H-pyrrole nitrogens is 1. The van der Waals surface area contributed by atoms with E-state index in [1.807, 2.05) is 50.5 Å². The SMILES string of the molecule is CNCc1ccc(-n2cc3cc(C)[nH]c3nc2=O)cc1. The number of aromatic amines is 1. The number of aryl methyl sites for hydroxylation is 1. The number of fused-ring (bicyclic) bond motifs is 1. The summed E-state index contributed by atoms with van der Waals surface area (Å²) in [4.78, 5) is 19.2. The molecule has 0 saturated heterocycles. The fourth-order valence-corrected chi connectivity index (χ4v) is 2.29. The van der Waals surface area contributed by atoms with Crippen LogP contribution in [-0.2, 0) is 6.54 Å². The van der Waals surface area contributed by atoms with Crippen molar-refractivity contribution < 1.29 is 0 Å². The van der Waals surface area contributed by atoms with E-state index in [0.717, 1.165) is 23.3 Å². The zero-order chi connectivity index (χ0) is 14.1. The Labute approximate surface area is 116 Å². The highest BCUT2D eigenvalue weighted by atomic mass is 16.1. The van der Waals surface area contributed by atoms with E-state index in [4.69, 9.17) is 0 Å². The summed E-state index contributed by atoms with van der Waals surface area (Å²) in [6.07, 6.45) is 1.82. The number of nitrogens with one attached hydrogen (secondary N) is 2. The van der Waals surface area contributed by atoms with E-state index in [1.165, 1.54) is 5.56 Å². The van der Waals surface area contributed by atoms with Crippen molar-refractivity contribution in [1.29, 1.82) is 0 Å². The monoisotopic (exact) mass is 268 g/mol. The lowest BCUT2D eigenvalue weighted by atomic mass is 10.2. The van der Waals surface area contributed by atoms with Gasteiger partial charge in [0, 0.05) is 23.8 Å². The number of rotatable bonds is 3. The molecule has 0 radical (unpaired) electrons. The quantitative estimate of drug-likeness (QED) is 0.760. The average molecular weight is 268 g/mol. The van der Waals surface area contributed by atoms with E-state index in [-0.39, 0.29) is 5.69 Å². The van der Waals surface area contributed by atoms with Crippen molar-refractivity contribution in [2.75, 3.05) is 7.05 Å². The molecule has 20 heavy (non-hydrogen) atoms. The van der Waals surface area contributed by atoms with Crippen molar-refractivity contribution in [3.8, 4) is 5.69 Å². The van der Waals surface area contributed by atoms with Crippen molar-refractivity contribution in [1.82, 2.24) is 19.9 Å². The average Bonchev–Trinajstić information content (AvgIpc) is 2.78. The first-order valence-electron chi connectivity index (χ1n) is 6.50. The molecule has 102 valence electrons. The number of nitrogens with zero attached hydrogens (tertiary/aromatic N) is 2. The molecule has 0 aliphatic carbocycles. The van der Waals surface area contributed by atoms with E-state index >= 15 is 0 Å². The van der Waals surface area contributed by atoms with Gasteiger partial charge in [0.25, 0.3) is 0 Å². The lowest BCUT2D eigenvalue weighted by molar-refractivity contribution is 0.816. The Kier molecular flexibility index (Phi) is 3.12. The van der Waals surface area contributed by atoms with Gasteiger partial charge in [0.05, 0.1) is 5.69 Å². The highest BCUT2D eigenvalue weighted by Crippen LogP contribution is 2.13. The van der Waals surface area contributed by atoms with Crippen LogP contribution in [0.25, 0.3) is 16.7 Å². The summed E-state index contributed by atoms with van der Waals surface area (Å²) in [6.45, 7) is 2.76. The third-order valence-electron chi connectivity index (χ3n) is 3.24. The van der Waals surface area contributed by atoms with Crippen LogP contribution in [0.4, 0.5) is 0 Å². The molecule has 5 heteroatoms.